The zero-order chi connectivity index (χ0) is 22.1. The van der Waals surface area contributed by atoms with Crippen LogP contribution in [0.25, 0.3) is 0 Å². The first-order chi connectivity index (χ1) is 15.0. The molecule has 0 heterocycles. The molecular formula is C25H25N3O3. The average Bonchev–Trinajstić information content (AvgIpc) is 2.77. The summed E-state index contributed by atoms with van der Waals surface area (Å²) in [5.74, 6) is -0.436. The van der Waals surface area contributed by atoms with Gasteiger partial charge in [0, 0.05) is 36.8 Å². The molecule has 6 nitrogen and oxygen atoms in total. The van der Waals surface area contributed by atoms with Crippen molar-refractivity contribution in [2.24, 2.45) is 0 Å². The molecule has 0 unspecified atom stereocenters. The maximum atomic E-state index is 12.5. The molecule has 0 aliphatic heterocycles. The van der Waals surface area contributed by atoms with Crippen LogP contribution >= 0.6 is 0 Å². The Bertz CT molecular complexity index is 1050. The van der Waals surface area contributed by atoms with Gasteiger partial charge in [-0.05, 0) is 47.9 Å². The molecule has 158 valence electrons. The standard InChI is InChI=1S/C25H25N3O3/c1-18(29)27-22-8-5-9-23(16-22)28-25(31)21-13-10-20(11-14-21)17-26-24(30)15-12-19-6-3-2-4-7-19/h2-11,13-14,16H,12,15,17H2,1H3,(H,26,30)(H,27,29)(H,28,31). The third kappa shape index (κ3) is 7.12. The van der Waals surface area contributed by atoms with E-state index in [1.165, 1.54) is 6.92 Å². The van der Waals surface area contributed by atoms with Gasteiger partial charge in [-0.3, -0.25) is 14.4 Å². The molecule has 0 bridgehead atoms. The van der Waals surface area contributed by atoms with Crippen LogP contribution in [0.3, 0.4) is 0 Å². The second-order valence-corrected chi connectivity index (χ2v) is 7.18. The number of nitrogens with one attached hydrogen (secondary N) is 3. The summed E-state index contributed by atoms with van der Waals surface area (Å²) in [7, 11) is 0. The van der Waals surface area contributed by atoms with Gasteiger partial charge in [0.25, 0.3) is 5.91 Å². The van der Waals surface area contributed by atoms with Crippen molar-refractivity contribution in [1.29, 1.82) is 0 Å². The molecule has 3 amide bonds. The van der Waals surface area contributed by atoms with E-state index in [2.05, 4.69) is 16.0 Å². The van der Waals surface area contributed by atoms with E-state index in [0.717, 1.165) is 11.1 Å². The molecule has 0 saturated heterocycles. The monoisotopic (exact) mass is 415 g/mol. The molecular weight excluding hydrogens is 390 g/mol. The molecule has 0 radical (unpaired) electrons. The Morgan fingerprint density at radius 3 is 2.10 bits per heavy atom. The van der Waals surface area contributed by atoms with Crippen LogP contribution in [0.5, 0.6) is 0 Å². The number of hydrogen-bond donors (Lipinski definition) is 3. The maximum Gasteiger partial charge on any atom is 0.255 e. The first kappa shape index (κ1) is 21.8. The molecule has 3 N–H and O–H groups in total. The van der Waals surface area contributed by atoms with Gasteiger partial charge in [-0.25, -0.2) is 0 Å². The van der Waals surface area contributed by atoms with Gasteiger partial charge >= 0.3 is 0 Å². The van der Waals surface area contributed by atoms with Crippen LogP contribution in [0.1, 0.15) is 34.8 Å². The van der Waals surface area contributed by atoms with Crippen LogP contribution in [0.15, 0.2) is 78.9 Å². The van der Waals surface area contributed by atoms with Crippen LogP contribution in [-0.4, -0.2) is 17.7 Å². The summed E-state index contributed by atoms with van der Waals surface area (Å²) in [6.45, 7) is 1.84. The van der Waals surface area contributed by atoms with E-state index in [1.807, 2.05) is 42.5 Å². The lowest BCUT2D eigenvalue weighted by atomic mass is 10.1. The number of aryl methyl sites for hydroxylation is 1. The zero-order valence-electron chi connectivity index (χ0n) is 17.4. The molecule has 3 aromatic rings. The Kier molecular flexibility index (Phi) is 7.54. The number of carbonyl (C=O) groups is 3. The molecule has 0 fully saturated rings. The fourth-order valence-corrected chi connectivity index (χ4v) is 3.05. The van der Waals surface area contributed by atoms with Crippen molar-refractivity contribution in [2.45, 2.75) is 26.3 Å². The Hall–Kier alpha value is -3.93. The summed E-state index contributed by atoms with van der Waals surface area (Å²) in [6, 6.07) is 23.9. The fourth-order valence-electron chi connectivity index (χ4n) is 3.05. The van der Waals surface area contributed by atoms with Gasteiger partial charge in [0.2, 0.25) is 11.8 Å². The third-order valence-corrected chi connectivity index (χ3v) is 4.63. The highest BCUT2D eigenvalue weighted by molar-refractivity contribution is 6.04. The maximum absolute atomic E-state index is 12.5. The van der Waals surface area contributed by atoms with Crippen LogP contribution in [0.2, 0.25) is 0 Å². The van der Waals surface area contributed by atoms with Crippen molar-refractivity contribution in [3.8, 4) is 0 Å². The highest BCUT2D eigenvalue weighted by Gasteiger charge is 2.08. The Labute approximate surface area is 181 Å². The molecule has 0 spiro atoms. The van der Waals surface area contributed by atoms with Crippen LogP contribution < -0.4 is 16.0 Å². The van der Waals surface area contributed by atoms with E-state index in [0.29, 0.717) is 36.3 Å². The Balaban J connectivity index is 1.48. The van der Waals surface area contributed by atoms with Gasteiger partial charge < -0.3 is 16.0 Å². The number of hydrogen-bond acceptors (Lipinski definition) is 3. The number of carbonyl (C=O) groups excluding carboxylic acids is 3. The van der Waals surface area contributed by atoms with E-state index in [4.69, 9.17) is 0 Å². The number of rotatable bonds is 8. The first-order valence-electron chi connectivity index (χ1n) is 10.1. The van der Waals surface area contributed by atoms with Gasteiger partial charge in [-0.1, -0.05) is 48.5 Å². The number of anilines is 2. The summed E-state index contributed by atoms with van der Waals surface area (Å²) >= 11 is 0. The van der Waals surface area contributed by atoms with Crippen molar-refractivity contribution < 1.29 is 14.4 Å². The van der Waals surface area contributed by atoms with Crippen molar-refractivity contribution >= 4 is 29.1 Å². The van der Waals surface area contributed by atoms with E-state index >= 15 is 0 Å². The second-order valence-electron chi connectivity index (χ2n) is 7.18. The summed E-state index contributed by atoms with van der Waals surface area (Å²) in [6.07, 6.45) is 1.14. The van der Waals surface area contributed by atoms with Crippen LogP contribution in [0.4, 0.5) is 11.4 Å². The summed E-state index contributed by atoms with van der Waals surface area (Å²) < 4.78 is 0. The minimum absolute atomic E-state index is 0.00951. The molecule has 0 saturated carbocycles. The normalized spacial score (nSPS) is 10.2. The molecule has 3 aromatic carbocycles. The summed E-state index contributed by atoms with van der Waals surface area (Å²) in [4.78, 5) is 35.7. The van der Waals surface area contributed by atoms with Crippen molar-refractivity contribution in [1.82, 2.24) is 5.32 Å². The fraction of sp³-hybridized carbons (Fsp3) is 0.160. The lowest BCUT2D eigenvalue weighted by Crippen LogP contribution is -2.23. The molecule has 0 aromatic heterocycles. The lowest BCUT2D eigenvalue weighted by Gasteiger charge is -2.09. The topological polar surface area (TPSA) is 87.3 Å². The van der Waals surface area contributed by atoms with E-state index < -0.39 is 0 Å². The molecule has 0 aliphatic rings. The molecule has 0 aliphatic carbocycles. The molecule has 3 rings (SSSR count). The third-order valence-electron chi connectivity index (χ3n) is 4.63. The quantitative estimate of drug-likeness (QED) is 0.517. The predicted octanol–water partition coefficient (Wildman–Crippen LogP) is 4.15. The SMILES string of the molecule is CC(=O)Nc1cccc(NC(=O)c2ccc(CNC(=O)CCc3ccccc3)cc2)c1. The second kappa shape index (κ2) is 10.7. The van der Waals surface area contributed by atoms with Gasteiger partial charge in [0.15, 0.2) is 0 Å². The minimum atomic E-state index is -0.251. The van der Waals surface area contributed by atoms with Crippen molar-refractivity contribution in [2.75, 3.05) is 10.6 Å². The predicted molar refractivity (Wildman–Crippen MR) is 122 cm³/mol. The number of amides is 3. The van der Waals surface area contributed by atoms with Crippen LogP contribution in [-0.2, 0) is 22.6 Å². The summed E-state index contributed by atoms with van der Waals surface area (Å²) in [5, 5.41) is 8.40. The van der Waals surface area contributed by atoms with Crippen LogP contribution in [0, 0.1) is 0 Å². The highest BCUT2D eigenvalue weighted by atomic mass is 16.2. The highest BCUT2D eigenvalue weighted by Crippen LogP contribution is 2.16. The smallest absolute Gasteiger partial charge is 0.255 e. The Morgan fingerprint density at radius 2 is 1.42 bits per heavy atom. The minimum Gasteiger partial charge on any atom is -0.352 e. The Morgan fingerprint density at radius 1 is 0.742 bits per heavy atom. The summed E-state index contributed by atoms with van der Waals surface area (Å²) in [5.41, 5.74) is 3.76. The lowest BCUT2D eigenvalue weighted by molar-refractivity contribution is -0.121. The molecule has 6 heteroatoms. The number of benzene rings is 3. The zero-order valence-corrected chi connectivity index (χ0v) is 17.4. The largest absolute Gasteiger partial charge is 0.352 e. The van der Waals surface area contributed by atoms with Gasteiger partial charge in [0.05, 0.1) is 0 Å². The van der Waals surface area contributed by atoms with Gasteiger partial charge in [0.1, 0.15) is 0 Å². The van der Waals surface area contributed by atoms with E-state index in [9.17, 15) is 14.4 Å². The molecule has 0 atom stereocenters. The first-order valence-corrected chi connectivity index (χ1v) is 10.1. The van der Waals surface area contributed by atoms with Crippen molar-refractivity contribution in [3.63, 3.8) is 0 Å². The average molecular weight is 415 g/mol. The van der Waals surface area contributed by atoms with E-state index in [1.54, 1.807) is 36.4 Å². The van der Waals surface area contributed by atoms with Crippen molar-refractivity contribution in [3.05, 3.63) is 95.6 Å². The molecule has 31 heavy (non-hydrogen) atoms. The van der Waals surface area contributed by atoms with Gasteiger partial charge in [-0.2, -0.15) is 0 Å². The van der Waals surface area contributed by atoms with E-state index in [-0.39, 0.29) is 17.7 Å². The van der Waals surface area contributed by atoms with Gasteiger partial charge in [-0.15, -0.1) is 0 Å².